The zero-order chi connectivity index (χ0) is 14.7. The molecule has 0 atom stereocenters. The van der Waals surface area contributed by atoms with Gasteiger partial charge < -0.3 is 9.47 Å². The Balaban J connectivity index is 2.30. The summed E-state index contributed by atoms with van der Waals surface area (Å²) < 4.78 is 23.6. The van der Waals surface area contributed by atoms with Crippen LogP contribution in [0.5, 0.6) is 0 Å². The van der Waals surface area contributed by atoms with Gasteiger partial charge in [0, 0.05) is 5.56 Å². The molecule has 0 N–H and O–H groups in total. The highest BCUT2D eigenvalue weighted by molar-refractivity contribution is 6.26. The van der Waals surface area contributed by atoms with Crippen LogP contribution in [0.25, 0.3) is 6.08 Å². The van der Waals surface area contributed by atoms with Crippen molar-refractivity contribution in [2.24, 2.45) is 0 Å². The topological polar surface area (TPSA) is 52.6 Å². The number of hydrogen-bond donors (Lipinski definition) is 0. The number of Topliss-reactive ketones (excluding diaryl/α,β-unsaturated/α-hetero) is 1. The molecule has 1 aliphatic heterocycles. The molecule has 1 aliphatic rings. The van der Waals surface area contributed by atoms with E-state index in [9.17, 15) is 14.0 Å². The van der Waals surface area contributed by atoms with Crippen molar-refractivity contribution >= 4 is 17.8 Å². The highest BCUT2D eigenvalue weighted by Gasteiger charge is 2.34. The number of carbonyl (C=O) groups excluding carboxylic acids is 2. The average molecular weight is 276 g/mol. The summed E-state index contributed by atoms with van der Waals surface area (Å²) in [6.45, 7) is 3.30. The third-order valence-corrected chi connectivity index (χ3v) is 2.74. The Morgan fingerprint density at radius 2 is 2.10 bits per heavy atom. The van der Waals surface area contributed by atoms with Gasteiger partial charge in [0.05, 0.1) is 6.61 Å². The highest BCUT2D eigenvalue weighted by atomic mass is 19.1. The maximum Gasteiger partial charge on any atom is 0.345 e. The van der Waals surface area contributed by atoms with Crippen LogP contribution in [0.1, 0.15) is 19.4 Å². The second-order valence-electron chi connectivity index (χ2n) is 4.11. The molecule has 4 nitrogen and oxygen atoms in total. The van der Waals surface area contributed by atoms with Gasteiger partial charge in [-0.1, -0.05) is 18.2 Å². The summed E-state index contributed by atoms with van der Waals surface area (Å²) in [4.78, 5) is 23.7. The van der Waals surface area contributed by atoms with Gasteiger partial charge in [0.25, 0.3) is 0 Å². The van der Waals surface area contributed by atoms with Gasteiger partial charge in [-0.25, -0.2) is 9.18 Å². The largest absolute Gasteiger partial charge is 0.462 e. The summed E-state index contributed by atoms with van der Waals surface area (Å²) in [6, 6.07) is 5.97. The number of carbonyl (C=O) groups is 2. The molecule has 20 heavy (non-hydrogen) atoms. The van der Waals surface area contributed by atoms with Gasteiger partial charge >= 0.3 is 5.97 Å². The standard InChI is InChI=1S/C15H13FO4/c1-3-19-15(18)13-9(2)20-12(14(13)17)8-10-6-4-5-7-11(10)16/h4-8H,3H2,1-2H3/b12-8+. The molecule has 2 rings (SSSR count). The van der Waals surface area contributed by atoms with Crippen molar-refractivity contribution in [2.45, 2.75) is 13.8 Å². The van der Waals surface area contributed by atoms with Crippen LogP contribution in [0.2, 0.25) is 0 Å². The van der Waals surface area contributed by atoms with Gasteiger partial charge in [0.2, 0.25) is 5.78 Å². The van der Waals surface area contributed by atoms with E-state index in [2.05, 4.69) is 0 Å². The molecule has 0 amide bonds. The van der Waals surface area contributed by atoms with E-state index in [1.807, 2.05) is 0 Å². The molecule has 0 saturated heterocycles. The van der Waals surface area contributed by atoms with Crippen molar-refractivity contribution in [1.82, 2.24) is 0 Å². The van der Waals surface area contributed by atoms with Gasteiger partial charge in [-0.3, -0.25) is 4.79 Å². The first-order chi connectivity index (χ1) is 9.54. The lowest BCUT2D eigenvalue weighted by Gasteiger charge is -2.00. The smallest absolute Gasteiger partial charge is 0.345 e. The molecule has 0 unspecified atom stereocenters. The normalized spacial score (nSPS) is 16.6. The van der Waals surface area contributed by atoms with Crippen LogP contribution < -0.4 is 0 Å². The number of halogens is 1. The highest BCUT2D eigenvalue weighted by Crippen LogP contribution is 2.27. The molecule has 1 heterocycles. The lowest BCUT2D eigenvalue weighted by Crippen LogP contribution is -2.14. The summed E-state index contributed by atoms with van der Waals surface area (Å²) in [5, 5.41) is 0. The fraction of sp³-hybridized carbons (Fsp3) is 0.200. The molecule has 0 spiro atoms. The molecule has 0 bridgehead atoms. The zero-order valence-electron chi connectivity index (χ0n) is 11.1. The number of allylic oxidation sites excluding steroid dienone is 2. The SMILES string of the molecule is CCOC(=O)C1=C(C)O/C(=C/c2ccccc2F)C1=O. The van der Waals surface area contributed by atoms with E-state index in [1.165, 1.54) is 25.1 Å². The molecular weight excluding hydrogens is 263 g/mol. The lowest BCUT2D eigenvalue weighted by molar-refractivity contribution is -0.139. The number of ketones is 1. The number of ether oxygens (including phenoxy) is 2. The van der Waals surface area contributed by atoms with Crippen LogP contribution in [0.15, 0.2) is 41.4 Å². The van der Waals surface area contributed by atoms with Gasteiger partial charge in [-0.05, 0) is 26.0 Å². The summed E-state index contributed by atoms with van der Waals surface area (Å²) in [5.74, 6) is -1.72. The first-order valence-electron chi connectivity index (χ1n) is 6.11. The fourth-order valence-electron chi connectivity index (χ4n) is 1.81. The van der Waals surface area contributed by atoms with Crippen LogP contribution in [0, 0.1) is 5.82 Å². The summed E-state index contributed by atoms with van der Waals surface area (Å²) in [6.07, 6.45) is 1.27. The van der Waals surface area contributed by atoms with E-state index in [0.717, 1.165) is 0 Å². The van der Waals surface area contributed by atoms with E-state index in [-0.39, 0.29) is 29.3 Å². The molecule has 1 aromatic carbocycles. The Morgan fingerprint density at radius 1 is 1.40 bits per heavy atom. The van der Waals surface area contributed by atoms with Crippen LogP contribution in [0.3, 0.4) is 0 Å². The minimum atomic E-state index is -0.730. The summed E-state index contributed by atoms with van der Waals surface area (Å²) in [7, 11) is 0. The molecule has 104 valence electrons. The van der Waals surface area contributed by atoms with Crippen molar-refractivity contribution in [2.75, 3.05) is 6.61 Å². The summed E-state index contributed by atoms with van der Waals surface area (Å²) in [5.41, 5.74) is 0.0724. The minimum absolute atomic E-state index is 0.0874. The monoisotopic (exact) mass is 276 g/mol. The van der Waals surface area contributed by atoms with E-state index in [1.54, 1.807) is 19.1 Å². The molecule has 0 aliphatic carbocycles. The number of hydrogen-bond acceptors (Lipinski definition) is 4. The Bertz CT molecular complexity index is 629. The fourth-order valence-corrected chi connectivity index (χ4v) is 1.81. The lowest BCUT2D eigenvalue weighted by atomic mass is 10.1. The van der Waals surface area contributed by atoms with Gasteiger partial charge in [0.1, 0.15) is 17.1 Å². The van der Waals surface area contributed by atoms with Crippen molar-refractivity contribution in [3.8, 4) is 0 Å². The number of rotatable bonds is 3. The van der Waals surface area contributed by atoms with E-state index < -0.39 is 17.6 Å². The molecule has 0 saturated carbocycles. The van der Waals surface area contributed by atoms with Crippen LogP contribution >= 0.6 is 0 Å². The molecule has 1 aromatic rings. The molecule has 0 fully saturated rings. The third kappa shape index (κ3) is 2.61. The number of benzene rings is 1. The Labute approximate surface area is 115 Å². The van der Waals surface area contributed by atoms with Gasteiger partial charge in [-0.15, -0.1) is 0 Å². The van der Waals surface area contributed by atoms with Gasteiger partial charge in [-0.2, -0.15) is 0 Å². The van der Waals surface area contributed by atoms with Crippen molar-refractivity contribution < 1.29 is 23.5 Å². The van der Waals surface area contributed by atoms with E-state index >= 15 is 0 Å². The maximum absolute atomic E-state index is 13.5. The first-order valence-corrected chi connectivity index (χ1v) is 6.11. The Morgan fingerprint density at radius 3 is 2.75 bits per heavy atom. The Kier molecular flexibility index (Phi) is 3.98. The van der Waals surface area contributed by atoms with Crippen molar-refractivity contribution in [3.05, 3.63) is 52.7 Å². The maximum atomic E-state index is 13.5. The van der Waals surface area contributed by atoms with Crippen LogP contribution in [-0.4, -0.2) is 18.4 Å². The average Bonchev–Trinajstić information content (AvgIpc) is 2.67. The third-order valence-electron chi connectivity index (χ3n) is 2.74. The molecule has 0 aromatic heterocycles. The first kappa shape index (κ1) is 14.0. The Hall–Kier alpha value is -2.43. The van der Waals surface area contributed by atoms with Crippen LogP contribution in [-0.2, 0) is 19.1 Å². The second kappa shape index (κ2) is 5.69. The van der Waals surface area contributed by atoms with E-state index in [0.29, 0.717) is 0 Å². The predicted molar refractivity (Wildman–Crippen MR) is 69.8 cm³/mol. The van der Waals surface area contributed by atoms with Crippen molar-refractivity contribution in [1.29, 1.82) is 0 Å². The van der Waals surface area contributed by atoms with Gasteiger partial charge in [0.15, 0.2) is 5.76 Å². The zero-order valence-corrected chi connectivity index (χ0v) is 11.1. The van der Waals surface area contributed by atoms with Crippen molar-refractivity contribution in [3.63, 3.8) is 0 Å². The quantitative estimate of drug-likeness (QED) is 0.484. The molecular formula is C15H13FO4. The summed E-state index contributed by atoms with van der Waals surface area (Å²) >= 11 is 0. The minimum Gasteiger partial charge on any atom is -0.462 e. The molecule has 5 heteroatoms. The van der Waals surface area contributed by atoms with Crippen LogP contribution in [0.4, 0.5) is 4.39 Å². The number of esters is 1. The predicted octanol–water partition coefficient (Wildman–Crippen LogP) is 2.60. The second-order valence-corrected chi connectivity index (χ2v) is 4.11. The molecule has 0 radical (unpaired) electrons. The van der Waals surface area contributed by atoms with E-state index in [4.69, 9.17) is 9.47 Å².